The first-order valence-corrected chi connectivity index (χ1v) is 31.6. The fraction of sp³-hybridized carbons (Fsp3) is 0.260. The lowest BCUT2D eigenvalue weighted by Crippen LogP contribution is -2.16. The monoisotopic (exact) mass is 1230 g/mol. The smallest absolute Gasteiger partial charge is 0.143 e. The Kier molecular flexibility index (Phi) is 22.4. The molecular formula is C77H76N6O9. The van der Waals surface area contributed by atoms with Gasteiger partial charge in [0, 0.05) is 42.4 Å². The molecular weight excluding hydrogens is 1150 g/mol. The fourth-order valence-corrected chi connectivity index (χ4v) is 11.8. The van der Waals surface area contributed by atoms with E-state index in [9.17, 15) is 45.0 Å². The topological polar surface area (TPSA) is 250 Å². The van der Waals surface area contributed by atoms with Crippen LogP contribution in [0.5, 0.6) is 34.5 Å². The zero-order chi connectivity index (χ0) is 64.2. The Bertz CT molecular complexity index is 4040. The Morgan fingerprint density at radius 2 is 0.587 bits per heavy atom. The number of rotatable bonds is 21. The molecule has 0 bridgehead atoms. The van der Waals surface area contributed by atoms with Crippen LogP contribution in [-0.4, -0.2) is 77.9 Å². The summed E-state index contributed by atoms with van der Waals surface area (Å²) >= 11 is 0. The van der Waals surface area contributed by atoms with Gasteiger partial charge < -0.3 is 30.6 Å². The highest BCUT2D eigenvalue weighted by Gasteiger charge is 2.23. The SMILES string of the molecule is O=C(Cc1ccc(O)cc1)Cc1ncc(-c2ccc(O)cc2)nc1CC1CCCC1.O=C(Cc1ccc(O)cc1)Cc1ncc(-c2ccc(O)cc2)nc1CC1CCCCC1.O=C(Cc1ccc(O)cc1)Cc1ncc(-c2ccc(O)cc2)nc1Cc1ccccc1. The van der Waals surface area contributed by atoms with Gasteiger partial charge in [-0.3, -0.25) is 29.3 Å². The molecule has 0 spiro atoms. The highest BCUT2D eigenvalue weighted by Crippen LogP contribution is 2.32. The van der Waals surface area contributed by atoms with Crippen molar-refractivity contribution in [1.82, 2.24) is 29.9 Å². The first-order valence-electron chi connectivity index (χ1n) is 31.6. The van der Waals surface area contributed by atoms with Crippen LogP contribution in [0.15, 0.2) is 195 Å². The minimum absolute atomic E-state index is 0.0340. The third-order valence-corrected chi connectivity index (χ3v) is 16.8. The summed E-state index contributed by atoms with van der Waals surface area (Å²) in [5, 5.41) is 56.9. The van der Waals surface area contributed by atoms with Gasteiger partial charge in [0.25, 0.3) is 0 Å². The van der Waals surface area contributed by atoms with Crippen molar-refractivity contribution in [3.05, 3.63) is 251 Å². The molecule has 0 radical (unpaired) electrons. The summed E-state index contributed by atoms with van der Waals surface area (Å²) in [6.45, 7) is 0. The van der Waals surface area contributed by atoms with Crippen LogP contribution in [0.3, 0.4) is 0 Å². The van der Waals surface area contributed by atoms with Gasteiger partial charge in [-0.1, -0.05) is 125 Å². The number of phenolic OH excluding ortho intramolecular Hbond substituents is 6. The molecule has 3 aromatic heterocycles. The molecule has 0 aliphatic heterocycles. The van der Waals surface area contributed by atoms with Gasteiger partial charge in [-0.25, -0.2) is 15.0 Å². The molecule has 0 atom stereocenters. The highest BCUT2D eigenvalue weighted by atomic mass is 16.3. The average Bonchev–Trinajstić information content (AvgIpc) is 1.07. The maximum absolute atomic E-state index is 12.7. The van der Waals surface area contributed by atoms with E-state index in [1.54, 1.807) is 140 Å². The maximum Gasteiger partial charge on any atom is 0.143 e. The lowest BCUT2D eigenvalue weighted by molar-refractivity contribution is -0.118. The van der Waals surface area contributed by atoms with Crippen LogP contribution in [-0.2, 0) is 72.2 Å². The second kappa shape index (κ2) is 31.9. The number of aromatic hydroxyl groups is 6. The number of nitrogens with zero attached hydrogens (tertiary/aromatic N) is 6. The summed E-state index contributed by atoms with van der Waals surface area (Å²) < 4.78 is 0. The minimum atomic E-state index is 0.0340. The van der Waals surface area contributed by atoms with Gasteiger partial charge in [-0.2, -0.15) is 0 Å². The predicted molar refractivity (Wildman–Crippen MR) is 354 cm³/mol. The Morgan fingerprint density at radius 3 is 0.913 bits per heavy atom. The van der Waals surface area contributed by atoms with Gasteiger partial charge in [0.05, 0.1) is 89.1 Å². The first-order chi connectivity index (χ1) is 44.7. The van der Waals surface area contributed by atoms with E-state index in [1.807, 2.05) is 54.6 Å². The number of carbonyl (C=O) groups is 3. The molecule has 10 aromatic rings. The number of hydrogen-bond donors (Lipinski definition) is 6. The Morgan fingerprint density at radius 1 is 0.304 bits per heavy atom. The van der Waals surface area contributed by atoms with Crippen molar-refractivity contribution < 1.29 is 45.0 Å². The van der Waals surface area contributed by atoms with E-state index in [4.69, 9.17) is 15.0 Å². The third kappa shape index (κ3) is 19.3. The van der Waals surface area contributed by atoms with Gasteiger partial charge in [-0.15, -0.1) is 0 Å². The van der Waals surface area contributed by atoms with Gasteiger partial charge in [0.2, 0.25) is 0 Å². The number of phenols is 6. The molecule has 0 unspecified atom stereocenters. The molecule has 3 heterocycles. The summed E-state index contributed by atoms with van der Waals surface area (Å²) in [5.74, 6) is 2.58. The molecule has 6 N–H and O–H groups in total. The van der Waals surface area contributed by atoms with E-state index in [1.165, 1.54) is 57.8 Å². The molecule has 2 saturated carbocycles. The third-order valence-electron chi connectivity index (χ3n) is 16.8. The van der Waals surface area contributed by atoms with E-state index in [2.05, 4.69) is 15.0 Å². The number of hydrogen-bond acceptors (Lipinski definition) is 15. The van der Waals surface area contributed by atoms with E-state index >= 15 is 0 Å². The number of carbonyl (C=O) groups excluding carboxylic acids is 3. The van der Waals surface area contributed by atoms with Crippen LogP contribution in [0.25, 0.3) is 33.8 Å². The number of benzene rings is 7. The zero-order valence-corrected chi connectivity index (χ0v) is 51.4. The normalized spacial score (nSPS) is 13.1. The average molecular weight is 1230 g/mol. The summed E-state index contributed by atoms with van der Waals surface area (Å²) in [6, 6.07) is 50.8. The summed E-state index contributed by atoms with van der Waals surface area (Å²) in [4.78, 5) is 66.6. The van der Waals surface area contributed by atoms with Crippen molar-refractivity contribution in [3.63, 3.8) is 0 Å². The van der Waals surface area contributed by atoms with Crippen molar-refractivity contribution in [2.24, 2.45) is 11.8 Å². The maximum atomic E-state index is 12.7. The number of aromatic nitrogens is 6. The standard InChI is InChI=1S/C26H28N2O3.C26H22N2O3.C25H26N2O3/c2*29-21-10-6-19(7-11-21)14-23(31)16-24-25(15-18-4-2-1-3-5-18)28-26(17-27-24)20-8-12-22(30)13-9-20;28-20-9-5-18(6-10-20)13-22(30)15-23-24(14-17-3-1-2-4-17)27-25(16-26-23)19-7-11-21(29)12-8-19/h6-13,17-18,29-30H,1-5,14-16H2;1-13,17,29-30H,14-16H2;5-12,16-17,28-29H,1-4,13-15H2. The van der Waals surface area contributed by atoms with Crippen LogP contribution >= 0.6 is 0 Å². The molecule has 0 saturated heterocycles. The summed E-state index contributed by atoms with van der Waals surface area (Å²) in [5.41, 5.74) is 13.3. The van der Waals surface area contributed by atoms with E-state index in [-0.39, 0.29) is 77.5 Å². The summed E-state index contributed by atoms with van der Waals surface area (Å²) in [7, 11) is 0. The Labute approximate surface area is 536 Å². The van der Waals surface area contributed by atoms with Crippen LogP contribution < -0.4 is 0 Å². The van der Waals surface area contributed by atoms with Gasteiger partial charge >= 0.3 is 0 Å². The van der Waals surface area contributed by atoms with Crippen molar-refractivity contribution in [2.45, 2.75) is 116 Å². The van der Waals surface area contributed by atoms with E-state index in [0.717, 1.165) is 91.6 Å². The Hall–Kier alpha value is -10.4. The number of ketones is 3. The molecule has 15 heteroatoms. The van der Waals surface area contributed by atoms with Crippen molar-refractivity contribution >= 4 is 17.3 Å². The van der Waals surface area contributed by atoms with Gasteiger partial charge in [0.1, 0.15) is 51.8 Å². The zero-order valence-electron chi connectivity index (χ0n) is 51.4. The van der Waals surface area contributed by atoms with Gasteiger partial charge in [-0.05, 0) is 156 Å². The second-order valence-electron chi connectivity index (χ2n) is 24.0. The highest BCUT2D eigenvalue weighted by molar-refractivity contribution is 5.84. The minimum Gasteiger partial charge on any atom is -0.508 e. The van der Waals surface area contributed by atoms with E-state index < -0.39 is 0 Å². The fourth-order valence-electron chi connectivity index (χ4n) is 11.8. The Balaban J connectivity index is 0.000000151. The largest absolute Gasteiger partial charge is 0.508 e. The summed E-state index contributed by atoms with van der Waals surface area (Å²) in [6.07, 6.45) is 20.1. The molecule has 7 aromatic carbocycles. The molecule has 2 aliphatic rings. The van der Waals surface area contributed by atoms with Crippen LogP contribution in [0.4, 0.5) is 0 Å². The van der Waals surface area contributed by atoms with Crippen molar-refractivity contribution in [1.29, 1.82) is 0 Å². The second-order valence-corrected chi connectivity index (χ2v) is 24.0. The lowest BCUT2D eigenvalue weighted by Gasteiger charge is -2.22. The molecule has 2 fully saturated rings. The molecule has 92 heavy (non-hydrogen) atoms. The van der Waals surface area contributed by atoms with Crippen molar-refractivity contribution in [2.75, 3.05) is 0 Å². The quantitative estimate of drug-likeness (QED) is 0.0391. The predicted octanol–water partition coefficient (Wildman–Crippen LogP) is 14.2. The lowest BCUT2D eigenvalue weighted by atomic mass is 9.85. The van der Waals surface area contributed by atoms with Crippen LogP contribution in [0.1, 0.15) is 114 Å². The molecule has 468 valence electrons. The van der Waals surface area contributed by atoms with E-state index in [0.29, 0.717) is 42.5 Å². The number of Topliss-reactive ketones (excluding diaryl/α,β-unsaturated/α-hetero) is 3. The van der Waals surface area contributed by atoms with Crippen molar-refractivity contribution in [3.8, 4) is 68.3 Å². The van der Waals surface area contributed by atoms with Crippen LogP contribution in [0, 0.1) is 11.8 Å². The van der Waals surface area contributed by atoms with Gasteiger partial charge in [0.15, 0.2) is 0 Å². The first kappa shape index (κ1) is 64.6. The molecule has 15 nitrogen and oxygen atoms in total. The molecule has 12 rings (SSSR count). The van der Waals surface area contributed by atoms with Crippen LogP contribution in [0.2, 0.25) is 0 Å². The molecule has 2 aliphatic carbocycles. The molecule has 0 amide bonds.